The van der Waals surface area contributed by atoms with Gasteiger partial charge in [-0.25, -0.2) is 0 Å². The van der Waals surface area contributed by atoms with Crippen LogP contribution in [0.15, 0.2) is 438 Å². The molecule has 4 aliphatic carbocycles. The van der Waals surface area contributed by atoms with Crippen LogP contribution in [0.2, 0.25) is 0 Å². The van der Waals surface area contributed by atoms with E-state index in [0.717, 1.165) is 163 Å². The molecular weight excluding hydrogens is 1510 g/mol. The molecule has 0 aliphatic heterocycles. The maximum atomic E-state index is 7.47. The molecule has 0 fully saturated rings. The number of benzene rings is 18. The number of rotatable bonds is 13. The highest BCUT2D eigenvalue weighted by Crippen LogP contribution is 2.69. The van der Waals surface area contributed by atoms with Gasteiger partial charge in [0.2, 0.25) is 0 Å². The summed E-state index contributed by atoms with van der Waals surface area (Å²) >= 11 is 1.85. The summed E-state index contributed by atoms with van der Waals surface area (Å²) in [5, 5.41) is 6.74. The predicted octanol–water partition coefficient (Wildman–Crippen LogP) is 31.7. The third kappa shape index (κ3) is 9.72. The van der Waals surface area contributed by atoms with Gasteiger partial charge in [0.25, 0.3) is 0 Å². The average Bonchev–Trinajstić information content (AvgIpc) is 1.50. The summed E-state index contributed by atoms with van der Waals surface area (Å²) in [6, 6.07) is 155. The Morgan fingerprint density at radius 3 is 1.04 bits per heavy atom. The first-order valence-electron chi connectivity index (χ1n) is 41.8. The van der Waals surface area contributed by atoms with E-state index in [4.69, 9.17) is 13.3 Å². The molecule has 18 aromatic carbocycles. The molecule has 0 amide bonds. The van der Waals surface area contributed by atoms with Gasteiger partial charge in [0.05, 0.1) is 16.1 Å². The molecule has 26 rings (SSSR count). The van der Waals surface area contributed by atoms with E-state index in [2.05, 4.69) is 444 Å². The van der Waals surface area contributed by atoms with Gasteiger partial charge in [-0.05, 0) is 236 Å². The molecule has 2 atom stereocenters. The van der Waals surface area contributed by atoms with Crippen molar-refractivity contribution in [3.05, 3.63) is 470 Å². The zero-order valence-corrected chi connectivity index (χ0v) is 66.7. The van der Waals surface area contributed by atoms with Gasteiger partial charge in [0.15, 0.2) is 5.58 Å². The monoisotopic (exact) mass is 1570 g/mol. The number of furan rings is 3. The lowest BCUT2D eigenvalue weighted by atomic mass is 9.73. The molecule has 0 radical (unpaired) electrons. The van der Waals surface area contributed by atoms with E-state index in [0.29, 0.717) is 0 Å². The summed E-state index contributed by atoms with van der Waals surface area (Å²) in [5.74, 6) is 1.88. The minimum Gasteiger partial charge on any atom is -0.459 e. The van der Waals surface area contributed by atoms with Crippen molar-refractivity contribution in [2.75, 3.05) is 19.6 Å². The lowest BCUT2D eigenvalue weighted by molar-refractivity contribution is 0.506. The molecular formula is C114H70N4O3S. The molecule has 0 N–H and O–H groups in total. The van der Waals surface area contributed by atoms with Crippen molar-refractivity contribution in [2.45, 2.75) is 10.8 Å². The first-order chi connectivity index (χ1) is 60.5. The zero-order chi connectivity index (χ0) is 79.9. The van der Waals surface area contributed by atoms with Crippen LogP contribution in [0.4, 0.5) is 68.2 Å². The molecule has 7 nitrogen and oxygen atoms in total. The highest BCUT2D eigenvalue weighted by atomic mass is 32.1. The van der Waals surface area contributed by atoms with Gasteiger partial charge >= 0.3 is 0 Å². The normalized spacial score (nSPS) is 14.8. The van der Waals surface area contributed by atoms with E-state index in [-0.39, 0.29) is 0 Å². The number of hydrogen-bond acceptors (Lipinski definition) is 8. The van der Waals surface area contributed by atoms with Crippen LogP contribution in [0.1, 0.15) is 44.9 Å². The van der Waals surface area contributed by atoms with Crippen LogP contribution in [0.25, 0.3) is 120 Å². The van der Waals surface area contributed by atoms with E-state index in [1.165, 1.54) is 70.2 Å². The van der Waals surface area contributed by atoms with Crippen LogP contribution in [-0.2, 0) is 10.8 Å². The molecule has 0 saturated heterocycles. The van der Waals surface area contributed by atoms with Crippen LogP contribution in [-0.4, -0.2) is 0 Å². The summed E-state index contributed by atoms with van der Waals surface area (Å²) in [4.78, 5) is 9.64. The zero-order valence-electron chi connectivity index (χ0n) is 65.8. The van der Waals surface area contributed by atoms with E-state index in [1.807, 2.05) is 11.3 Å². The predicted molar refractivity (Wildman–Crippen MR) is 503 cm³/mol. The Hall–Kier alpha value is -15.7. The van der Waals surface area contributed by atoms with E-state index < -0.39 is 10.8 Å². The third-order valence-electron chi connectivity index (χ3n) is 26.2. The minimum absolute atomic E-state index is 0.810. The number of thiophene rings is 1. The van der Waals surface area contributed by atoms with Crippen LogP contribution < -0.4 is 19.6 Å². The number of para-hydroxylation sites is 9. The molecule has 8 heteroatoms. The van der Waals surface area contributed by atoms with Crippen molar-refractivity contribution >= 4 is 144 Å². The lowest BCUT2D eigenvalue weighted by Gasteiger charge is -2.32. The van der Waals surface area contributed by atoms with Crippen molar-refractivity contribution in [1.82, 2.24) is 0 Å². The second kappa shape index (κ2) is 26.4. The molecule has 122 heavy (non-hydrogen) atoms. The Bertz CT molecular complexity index is 7970. The molecule has 2 unspecified atom stereocenters. The highest BCUT2D eigenvalue weighted by Gasteiger charge is 2.58. The van der Waals surface area contributed by atoms with Gasteiger partial charge < -0.3 is 32.9 Å². The largest absolute Gasteiger partial charge is 0.459 e. The molecule has 4 heterocycles. The Kier molecular flexibility index (Phi) is 14.8. The molecule has 0 bridgehead atoms. The van der Waals surface area contributed by atoms with Gasteiger partial charge in [0.1, 0.15) is 39.1 Å². The maximum Gasteiger partial charge on any atom is 0.159 e. The summed E-state index contributed by atoms with van der Waals surface area (Å²) in [5.41, 5.74) is 32.9. The lowest BCUT2D eigenvalue weighted by Crippen LogP contribution is -2.26. The SMILES string of the molecule is c1ccc(N(c2ccccc2)c2ccc3c(c2)C2(c4ccccc4-c4ccc(N(c5ccc(-c6ccc7c(c6)sc6c(N(c8ccccc8)c8ccc9c(c8)C8(c%10ccccc%10-9)c9cc(N(c%10ccccc%10)c%10ccccc%10)ccc9-c9c8oc8ccccc98)cccc67)cc5)c5cccc6c5oc5ccccc56)cc42)c2oc4ccccc4c2-3)cc1. The molecule has 0 saturated carbocycles. The molecule has 2 spiro atoms. The number of nitrogens with zero attached hydrogens (tertiary/aromatic N) is 4. The van der Waals surface area contributed by atoms with Gasteiger partial charge in [-0.2, -0.15) is 0 Å². The smallest absolute Gasteiger partial charge is 0.159 e. The molecule has 22 aromatic rings. The summed E-state index contributed by atoms with van der Waals surface area (Å²) < 4.78 is 24.4. The number of anilines is 12. The summed E-state index contributed by atoms with van der Waals surface area (Å²) in [6.45, 7) is 0. The van der Waals surface area contributed by atoms with E-state index in [1.54, 1.807) is 0 Å². The first-order valence-corrected chi connectivity index (χ1v) is 42.6. The van der Waals surface area contributed by atoms with Gasteiger partial charge in [-0.15, -0.1) is 11.3 Å². The Morgan fingerprint density at radius 1 is 0.205 bits per heavy atom. The van der Waals surface area contributed by atoms with Gasteiger partial charge in [-0.3, -0.25) is 0 Å². The van der Waals surface area contributed by atoms with Gasteiger partial charge in [0, 0.05) is 105 Å². The van der Waals surface area contributed by atoms with Crippen LogP contribution in [0.3, 0.4) is 0 Å². The van der Waals surface area contributed by atoms with E-state index >= 15 is 0 Å². The van der Waals surface area contributed by atoms with Crippen molar-refractivity contribution in [2.24, 2.45) is 0 Å². The standard InChI is InChI=1S/C114H70N4O3S/c1-6-28-73(29-7-1)115(74-30-8-2-9-31-74)79-59-64-91-99(67-79)113(111-107(91)93-41-19-24-50-104(93)120-111)95-45-21-16-38-83(95)85-62-57-81(69-97(85)113)117(101-47-26-43-89-87-40-18-23-49-103(87)119-109(89)101)78-55-52-71(53-56-78)72-54-61-88-90-44-27-48-102(110(90)122-106(88)66-72)118(77-36-14-5-15-37-77)82-58-63-86-84-39-17-22-46-96(84)114(98(86)70-82)100-68-80(116(75-32-10-3-11-33-75)76-34-12-4-13-35-76)60-65-92(100)108-94-42-20-25-51-105(94)121-112(108)114/h1-70H. The van der Waals surface area contributed by atoms with Crippen LogP contribution >= 0.6 is 11.3 Å². The Labute approximate surface area is 707 Å². The Morgan fingerprint density at radius 2 is 0.549 bits per heavy atom. The van der Waals surface area contributed by atoms with Crippen molar-refractivity contribution in [3.8, 4) is 55.6 Å². The quantitative estimate of drug-likeness (QED) is 0.114. The number of fused-ring (bicyclic) bond motifs is 30. The second-order valence-corrected chi connectivity index (χ2v) is 33.5. The average molecular weight is 1580 g/mol. The molecule has 570 valence electrons. The fourth-order valence-corrected chi connectivity index (χ4v) is 22.4. The van der Waals surface area contributed by atoms with Crippen LogP contribution in [0, 0.1) is 0 Å². The van der Waals surface area contributed by atoms with Crippen molar-refractivity contribution < 1.29 is 13.3 Å². The second-order valence-electron chi connectivity index (χ2n) is 32.4. The fraction of sp³-hybridized carbons (Fsp3) is 0.0175. The fourth-order valence-electron chi connectivity index (χ4n) is 21.2. The maximum absolute atomic E-state index is 7.47. The van der Waals surface area contributed by atoms with E-state index in [9.17, 15) is 0 Å². The molecule has 4 aromatic heterocycles. The highest BCUT2D eigenvalue weighted by molar-refractivity contribution is 7.26. The Balaban J connectivity index is 0.614. The summed E-state index contributed by atoms with van der Waals surface area (Å²) in [7, 11) is 0. The first kappa shape index (κ1) is 68.3. The van der Waals surface area contributed by atoms with Crippen molar-refractivity contribution in [1.29, 1.82) is 0 Å². The third-order valence-corrected chi connectivity index (χ3v) is 27.4. The van der Waals surface area contributed by atoms with Gasteiger partial charge in [-0.1, -0.05) is 267 Å². The minimum atomic E-state index is -0.864. The van der Waals surface area contributed by atoms with Crippen molar-refractivity contribution in [3.63, 3.8) is 0 Å². The van der Waals surface area contributed by atoms with Crippen LogP contribution in [0.5, 0.6) is 0 Å². The number of hydrogen-bond donors (Lipinski definition) is 0. The molecule has 4 aliphatic rings. The topological polar surface area (TPSA) is 52.4 Å². The summed E-state index contributed by atoms with van der Waals surface area (Å²) in [6.07, 6.45) is 0.